The van der Waals surface area contributed by atoms with Crippen molar-refractivity contribution in [1.29, 1.82) is 0 Å². The van der Waals surface area contributed by atoms with Gasteiger partial charge < -0.3 is 124 Å². The Morgan fingerprint density at radius 3 is 0.432 bits per heavy atom. The minimum Gasteiger partial charge on any atom is -0.481 e. The van der Waals surface area contributed by atoms with E-state index >= 15 is 0 Å². The first kappa shape index (κ1) is 79.0. The third-order valence-electron chi connectivity index (χ3n) is 9.64. The summed E-state index contributed by atoms with van der Waals surface area (Å²) in [5, 5.41) is 11.2. The van der Waals surface area contributed by atoms with Gasteiger partial charge >= 0.3 is 5.97 Å². The zero-order valence-electron chi connectivity index (χ0n) is 48.9. The summed E-state index contributed by atoms with van der Waals surface area (Å²) in [4.78, 5) is 21.1. The van der Waals surface area contributed by atoms with Gasteiger partial charge in [0.1, 0.15) is 0 Å². The molecule has 0 rings (SSSR count). The fraction of sp³-hybridized carbons (Fsp3) is 0.962. The topological polar surface area (TPSA) is 288 Å². The van der Waals surface area contributed by atoms with Gasteiger partial charge in [0.25, 0.3) is 0 Å². The zero-order chi connectivity index (χ0) is 58.2. The molecule has 0 aromatic rings. The van der Waals surface area contributed by atoms with Crippen LogP contribution in [0.25, 0.3) is 0 Å². The van der Waals surface area contributed by atoms with Crippen LogP contribution in [0.15, 0.2) is 0 Å². The van der Waals surface area contributed by atoms with Crippen LogP contribution in [0.5, 0.6) is 0 Å². The van der Waals surface area contributed by atoms with Gasteiger partial charge in [0.15, 0.2) is 0 Å². The van der Waals surface area contributed by atoms with Gasteiger partial charge in [0, 0.05) is 13.5 Å². The molecule has 0 bridgehead atoms. The Kier molecular flexibility index (Phi) is 72.2. The largest absolute Gasteiger partial charge is 0.481 e. The van der Waals surface area contributed by atoms with Crippen molar-refractivity contribution < 1.29 is 128 Å². The first-order valence-corrected chi connectivity index (χ1v) is 28.4. The van der Waals surface area contributed by atoms with Crippen molar-refractivity contribution in [2.75, 3.05) is 324 Å². The molecule has 1 amide bonds. The van der Waals surface area contributed by atoms with Gasteiger partial charge in [-0.3, -0.25) is 9.59 Å². The quantitative estimate of drug-likeness (QED) is 0.0758. The maximum Gasteiger partial charge on any atom is 0.305 e. The molecule has 28 nitrogen and oxygen atoms in total. The normalized spacial score (nSPS) is 11.6. The molecule has 0 unspecified atom stereocenters. The molecule has 28 heteroatoms. The number of hydrogen-bond donors (Lipinski definition) is 2. The number of nitrogens with one attached hydrogen (secondary N) is 1. The van der Waals surface area contributed by atoms with Crippen molar-refractivity contribution in [3.8, 4) is 0 Å². The maximum atomic E-state index is 10.7. The van der Waals surface area contributed by atoms with E-state index in [2.05, 4.69) is 5.32 Å². The molecule has 0 spiro atoms. The Labute approximate surface area is 481 Å². The number of hydrogen-bond acceptors (Lipinski definition) is 26. The van der Waals surface area contributed by atoms with Gasteiger partial charge in [0.2, 0.25) is 5.91 Å². The van der Waals surface area contributed by atoms with Gasteiger partial charge in [-0.2, -0.15) is 0 Å². The summed E-state index contributed by atoms with van der Waals surface area (Å²) < 4.78 is 131. The van der Waals surface area contributed by atoms with E-state index in [1.807, 2.05) is 0 Å². The highest BCUT2D eigenvalue weighted by Gasteiger charge is 2.01. The van der Waals surface area contributed by atoms with E-state index in [9.17, 15) is 9.59 Å². The molecule has 0 aliphatic heterocycles. The number of ether oxygens (including phenoxy) is 24. The molecule has 0 radical (unpaired) electrons. The van der Waals surface area contributed by atoms with E-state index in [0.717, 1.165) is 0 Å². The number of amides is 1. The SMILES string of the molecule is CC(=O)NCCOCCOCCOCCOCCOCCOCCOCCOCCOCCOCCOCCOCCOCCOCCOCCOCCOCCOCCOCCOCCOCCOCCOCCOCCC(=O)O. The molecule has 0 heterocycles. The fourth-order valence-corrected chi connectivity index (χ4v) is 5.62. The van der Waals surface area contributed by atoms with Gasteiger partial charge in [0.05, 0.1) is 324 Å². The molecule has 0 aliphatic carbocycles. The number of carboxylic acids is 1. The van der Waals surface area contributed by atoms with Crippen LogP contribution in [0, 0.1) is 0 Å². The van der Waals surface area contributed by atoms with Gasteiger partial charge in [-0.05, 0) is 0 Å². The van der Waals surface area contributed by atoms with Crippen LogP contribution in [-0.2, 0) is 123 Å². The average molecular weight is 1190 g/mol. The lowest BCUT2D eigenvalue weighted by Crippen LogP contribution is -2.25. The number of carbonyl (C=O) groups excluding carboxylic acids is 1. The Hall–Kier alpha value is -2.02. The average Bonchev–Trinajstić information content (AvgIpc) is 3.46. The molecular weight excluding hydrogens is 1080 g/mol. The molecule has 81 heavy (non-hydrogen) atoms. The predicted octanol–water partition coefficient (Wildman–Crippen LogP) is -0.00440. The summed E-state index contributed by atoms with van der Waals surface area (Å²) in [6, 6.07) is 0. The first-order valence-electron chi connectivity index (χ1n) is 28.4. The lowest BCUT2D eigenvalue weighted by atomic mass is 10.5. The van der Waals surface area contributed by atoms with Gasteiger partial charge in [-0.25, -0.2) is 0 Å². The Morgan fingerprint density at radius 2 is 0.321 bits per heavy atom. The number of carboxylic acid groups (broad SMARTS) is 1. The lowest BCUT2D eigenvalue weighted by molar-refractivity contribution is -0.138. The highest BCUT2D eigenvalue weighted by Crippen LogP contribution is 1.92. The molecule has 0 saturated carbocycles. The van der Waals surface area contributed by atoms with Crippen molar-refractivity contribution in [2.24, 2.45) is 0 Å². The number of aliphatic carboxylic acids is 1. The summed E-state index contributed by atoms with van der Waals surface area (Å²) >= 11 is 0. The lowest BCUT2D eigenvalue weighted by Gasteiger charge is -2.09. The van der Waals surface area contributed by atoms with E-state index in [-0.39, 0.29) is 18.9 Å². The number of rotatable bonds is 75. The summed E-state index contributed by atoms with van der Waals surface area (Å²) in [6.45, 7) is 24.4. The summed E-state index contributed by atoms with van der Waals surface area (Å²) in [7, 11) is 0. The second-order valence-electron chi connectivity index (χ2n) is 16.3. The third-order valence-corrected chi connectivity index (χ3v) is 9.64. The van der Waals surface area contributed by atoms with E-state index in [4.69, 9.17) is 119 Å². The molecule has 0 aliphatic rings. The molecule has 0 aromatic heterocycles. The Balaban J connectivity index is 3.08. The monoisotopic (exact) mass is 1190 g/mol. The highest BCUT2D eigenvalue weighted by atomic mass is 16.6. The molecule has 484 valence electrons. The van der Waals surface area contributed by atoms with Crippen molar-refractivity contribution in [2.45, 2.75) is 13.3 Å². The zero-order valence-corrected chi connectivity index (χ0v) is 48.9. The smallest absolute Gasteiger partial charge is 0.305 e. The van der Waals surface area contributed by atoms with Crippen LogP contribution >= 0.6 is 0 Å². The van der Waals surface area contributed by atoms with Crippen LogP contribution in [-0.4, -0.2) is 341 Å². The van der Waals surface area contributed by atoms with E-state index < -0.39 is 5.97 Å². The van der Waals surface area contributed by atoms with Crippen molar-refractivity contribution >= 4 is 11.9 Å². The summed E-state index contributed by atoms with van der Waals surface area (Å²) in [5.41, 5.74) is 0. The minimum absolute atomic E-state index is 0.0105. The van der Waals surface area contributed by atoms with Crippen LogP contribution in [0.2, 0.25) is 0 Å². The van der Waals surface area contributed by atoms with E-state index in [1.54, 1.807) is 0 Å². The summed E-state index contributed by atoms with van der Waals surface area (Å²) in [5.74, 6) is -0.949. The molecule has 0 saturated heterocycles. The van der Waals surface area contributed by atoms with E-state index in [1.165, 1.54) is 6.92 Å². The minimum atomic E-state index is -0.880. The highest BCUT2D eigenvalue weighted by molar-refractivity contribution is 5.72. The van der Waals surface area contributed by atoms with Gasteiger partial charge in [-0.15, -0.1) is 0 Å². The fourth-order valence-electron chi connectivity index (χ4n) is 5.62. The molecular formula is C53H105NO27. The second kappa shape index (κ2) is 74.1. The molecule has 0 aromatic carbocycles. The van der Waals surface area contributed by atoms with Crippen LogP contribution in [0.3, 0.4) is 0 Å². The Bertz CT molecular complexity index is 1110. The molecule has 0 fully saturated rings. The van der Waals surface area contributed by atoms with Gasteiger partial charge in [-0.1, -0.05) is 0 Å². The summed E-state index contributed by atoms with van der Waals surface area (Å²) in [6.07, 6.45) is -0.0105. The van der Waals surface area contributed by atoms with Crippen LogP contribution in [0.1, 0.15) is 13.3 Å². The number of carbonyl (C=O) groups is 2. The first-order chi connectivity index (χ1) is 40.1. The maximum absolute atomic E-state index is 10.7. The molecule has 0 atom stereocenters. The van der Waals surface area contributed by atoms with E-state index in [0.29, 0.717) is 317 Å². The molecule has 2 N–H and O–H groups in total. The predicted molar refractivity (Wildman–Crippen MR) is 291 cm³/mol. The van der Waals surface area contributed by atoms with Crippen molar-refractivity contribution in [1.82, 2.24) is 5.32 Å². The van der Waals surface area contributed by atoms with Crippen molar-refractivity contribution in [3.63, 3.8) is 0 Å². The third kappa shape index (κ3) is 78.0. The standard InChI is InChI=1S/C53H105NO27/c1-52(55)54-3-5-59-7-9-61-11-13-63-15-17-65-19-21-67-23-25-69-27-29-71-31-33-73-35-37-75-39-41-77-43-45-79-47-49-81-51-50-80-48-46-78-44-42-76-40-38-74-36-34-72-32-30-70-28-26-68-24-22-66-20-18-64-16-14-62-12-10-60-8-6-58-4-2-53(56)57/h2-51H2,1H3,(H,54,55)(H,56,57). The Morgan fingerprint density at radius 1 is 0.210 bits per heavy atom. The van der Waals surface area contributed by atoms with Crippen LogP contribution < -0.4 is 5.32 Å². The van der Waals surface area contributed by atoms with Crippen molar-refractivity contribution in [3.05, 3.63) is 0 Å². The van der Waals surface area contributed by atoms with Crippen LogP contribution in [0.4, 0.5) is 0 Å². The second-order valence-corrected chi connectivity index (χ2v) is 16.3.